The average molecular weight is 257 g/mol. The first-order valence-corrected chi connectivity index (χ1v) is 7.34. The minimum absolute atomic E-state index is 0.957. The Morgan fingerprint density at radius 3 is 2.58 bits per heavy atom. The summed E-state index contributed by atoms with van der Waals surface area (Å²) in [6.07, 6.45) is 13.7. The van der Waals surface area contributed by atoms with Gasteiger partial charge < -0.3 is 4.57 Å². The molecule has 0 radical (unpaired) electrons. The molecule has 2 aromatic rings. The molecule has 3 nitrogen and oxygen atoms in total. The lowest BCUT2D eigenvalue weighted by molar-refractivity contribution is 0.560. The van der Waals surface area contributed by atoms with Crippen molar-refractivity contribution in [3.63, 3.8) is 0 Å². The van der Waals surface area contributed by atoms with Crippen molar-refractivity contribution in [1.82, 2.24) is 14.5 Å². The third-order valence-electron chi connectivity index (χ3n) is 3.36. The fraction of sp³-hybridized carbons (Fsp3) is 0.500. The number of aromatic nitrogens is 3. The van der Waals surface area contributed by atoms with Gasteiger partial charge in [0, 0.05) is 25.1 Å². The van der Waals surface area contributed by atoms with Crippen LogP contribution in [0.25, 0.3) is 11.5 Å². The monoisotopic (exact) mass is 257 g/mol. The minimum atomic E-state index is 0.957. The Hall–Kier alpha value is -1.64. The van der Waals surface area contributed by atoms with Gasteiger partial charge in [0.05, 0.1) is 0 Å². The van der Waals surface area contributed by atoms with Gasteiger partial charge in [-0.2, -0.15) is 0 Å². The van der Waals surface area contributed by atoms with Crippen molar-refractivity contribution < 1.29 is 0 Å². The molecule has 102 valence electrons. The molecule has 0 saturated carbocycles. The van der Waals surface area contributed by atoms with Gasteiger partial charge in [0.1, 0.15) is 5.69 Å². The van der Waals surface area contributed by atoms with E-state index in [9.17, 15) is 0 Å². The third-order valence-corrected chi connectivity index (χ3v) is 3.36. The van der Waals surface area contributed by atoms with Gasteiger partial charge >= 0.3 is 0 Å². The number of imidazole rings is 1. The van der Waals surface area contributed by atoms with Crippen molar-refractivity contribution in [2.24, 2.45) is 0 Å². The SMILES string of the molecule is CCCCCCCCn1ccnc1-c1ccccn1. The van der Waals surface area contributed by atoms with Gasteiger partial charge in [-0.3, -0.25) is 4.98 Å². The fourth-order valence-corrected chi connectivity index (χ4v) is 2.28. The molecule has 0 amide bonds. The van der Waals surface area contributed by atoms with E-state index in [4.69, 9.17) is 0 Å². The van der Waals surface area contributed by atoms with Crippen LogP contribution < -0.4 is 0 Å². The molecule has 0 unspecified atom stereocenters. The first-order chi connectivity index (χ1) is 9.42. The van der Waals surface area contributed by atoms with Gasteiger partial charge in [-0.1, -0.05) is 45.1 Å². The van der Waals surface area contributed by atoms with Crippen LogP contribution in [0.3, 0.4) is 0 Å². The van der Waals surface area contributed by atoms with Crippen LogP contribution in [0.1, 0.15) is 45.4 Å². The molecule has 0 bridgehead atoms. The van der Waals surface area contributed by atoms with E-state index >= 15 is 0 Å². The first-order valence-electron chi connectivity index (χ1n) is 7.34. The van der Waals surface area contributed by atoms with Crippen LogP contribution in [-0.2, 0) is 6.54 Å². The van der Waals surface area contributed by atoms with Gasteiger partial charge in [-0.15, -0.1) is 0 Å². The molecule has 0 atom stereocenters. The summed E-state index contributed by atoms with van der Waals surface area (Å²) in [7, 11) is 0. The van der Waals surface area contributed by atoms with Crippen LogP contribution >= 0.6 is 0 Å². The zero-order chi connectivity index (χ0) is 13.3. The quantitative estimate of drug-likeness (QED) is 0.660. The highest BCUT2D eigenvalue weighted by molar-refractivity contribution is 5.48. The smallest absolute Gasteiger partial charge is 0.158 e. The van der Waals surface area contributed by atoms with Crippen molar-refractivity contribution in [3.05, 3.63) is 36.8 Å². The van der Waals surface area contributed by atoms with Crippen LogP contribution in [-0.4, -0.2) is 14.5 Å². The van der Waals surface area contributed by atoms with E-state index in [0.717, 1.165) is 18.1 Å². The number of pyridine rings is 1. The summed E-state index contributed by atoms with van der Waals surface area (Å²) in [6, 6.07) is 5.96. The van der Waals surface area contributed by atoms with E-state index in [-0.39, 0.29) is 0 Å². The molecule has 0 aliphatic rings. The number of aryl methyl sites for hydroxylation is 1. The zero-order valence-electron chi connectivity index (χ0n) is 11.8. The molecule has 0 aliphatic heterocycles. The maximum absolute atomic E-state index is 4.42. The Balaban J connectivity index is 1.83. The first kappa shape index (κ1) is 13.8. The molecule has 19 heavy (non-hydrogen) atoms. The molecule has 3 heteroatoms. The Kier molecular flexibility index (Phi) is 5.60. The summed E-state index contributed by atoms with van der Waals surface area (Å²) in [5.74, 6) is 0.981. The lowest BCUT2D eigenvalue weighted by Crippen LogP contribution is -2.00. The standard InChI is InChI=1S/C16H23N3/c1-2-3-4-5-6-9-13-19-14-12-18-16(19)15-10-7-8-11-17-15/h7-8,10-12,14H,2-6,9,13H2,1H3. The van der Waals surface area contributed by atoms with Gasteiger partial charge in [0.15, 0.2) is 5.82 Å². The summed E-state index contributed by atoms with van der Waals surface area (Å²) in [6.45, 7) is 3.29. The Morgan fingerprint density at radius 2 is 1.79 bits per heavy atom. The second-order valence-corrected chi connectivity index (χ2v) is 4.93. The molecule has 0 aromatic carbocycles. The minimum Gasteiger partial charge on any atom is -0.330 e. The van der Waals surface area contributed by atoms with E-state index in [0.29, 0.717) is 0 Å². The van der Waals surface area contributed by atoms with Gasteiger partial charge in [0.2, 0.25) is 0 Å². The van der Waals surface area contributed by atoms with Crippen molar-refractivity contribution in [2.45, 2.75) is 52.0 Å². The molecule has 2 heterocycles. The lowest BCUT2D eigenvalue weighted by Gasteiger charge is -2.07. The Labute approximate surface area is 115 Å². The molecule has 0 saturated heterocycles. The predicted molar refractivity (Wildman–Crippen MR) is 78.8 cm³/mol. The normalized spacial score (nSPS) is 10.8. The number of rotatable bonds is 8. The van der Waals surface area contributed by atoms with Crippen molar-refractivity contribution in [1.29, 1.82) is 0 Å². The van der Waals surface area contributed by atoms with Crippen LogP contribution in [0.15, 0.2) is 36.8 Å². The third kappa shape index (κ3) is 4.19. The van der Waals surface area contributed by atoms with E-state index in [1.54, 1.807) is 0 Å². The molecular weight excluding hydrogens is 234 g/mol. The van der Waals surface area contributed by atoms with Crippen molar-refractivity contribution in [3.8, 4) is 11.5 Å². The molecule has 2 aromatic heterocycles. The lowest BCUT2D eigenvalue weighted by atomic mass is 10.1. The summed E-state index contributed by atoms with van der Waals surface area (Å²) in [5.41, 5.74) is 0.957. The van der Waals surface area contributed by atoms with E-state index in [1.165, 1.54) is 38.5 Å². The number of hydrogen-bond acceptors (Lipinski definition) is 2. The number of nitrogens with zero attached hydrogens (tertiary/aromatic N) is 3. The Morgan fingerprint density at radius 1 is 0.947 bits per heavy atom. The molecule has 0 fully saturated rings. The van der Waals surface area contributed by atoms with Crippen LogP contribution in [0, 0.1) is 0 Å². The second-order valence-electron chi connectivity index (χ2n) is 4.93. The van der Waals surface area contributed by atoms with Crippen LogP contribution in [0.5, 0.6) is 0 Å². The summed E-state index contributed by atoms with van der Waals surface area (Å²) in [4.78, 5) is 8.78. The molecule has 0 spiro atoms. The number of hydrogen-bond donors (Lipinski definition) is 0. The molecular formula is C16H23N3. The Bertz CT molecular complexity index is 462. The van der Waals surface area contributed by atoms with E-state index < -0.39 is 0 Å². The van der Waals surface area contributed by atoms with Gasteiger partial charge in [0.25, 0.3) is 0 Å². The molecule has 2 rings (SSSR count). The van der Waals surface area contributed by atoms with Crippen LogP contribution in [0.2, 0.25) is 0 Å². The molecule has 0 aliphatic carbocycles. The zero-order valence-corrected chi connectivity index (χ0v) is 11.8. The maximum atomic E-state index is 4.42. The average Bonchev–Trinajstić information content (AvgIpc) is 2.92. The fourth-order valence-electron chi connectivity index (χ4n) is 2.28. The van der Waals surface area contributed by atoms with Crippen molar-refractivity contribution in [2.75, 3.05) is 0 Å². The van der Waals surface area contributed by atoms with Gasteiger partial charge in [-0.25, -0.2) is 4.98 Å². The summed E-state index contributed by atoms with van der Waals surface area (Å²) in [5, 5.41) is 0. The predicted octanol–water partition coefficient (Wildman–Crippen LogP) is 4.31. The summed E-state index contributed by atoms with van der Waals surface area (Å²) < 4.78 is 2.21. The van der Waals surface area contributed by atoms with E-state index in [1.807, 2.05) is 30.6 Å². The topological polar surface area (TPSA) is 30.7 Å². The van der Waals surface area contributed by atoms with E-state index in [2.05, 4.69) is 27.7 Å². The van der Waals surface area contributed by atoms with Gasteiger partial charge in [-0.05, 0) is 18.6 Å². The largest absolute Gasteiger partial charge is 0.330 e. The molecule has 0 N–H and O–H groups in total. The van der Waals surface area contributed by atoms with Crippen molar-refractivity contribution >= 4 is 0 Å². The van der Waals surface area contributed by atoms with Crippen LogP contribution in [0.4, 0.5) is 0 Å². The second kappa shape index (κ2) is 7.72. The highest BCUT2D eigenvalue weighted by Crippen LogP contribution is 2.15. The number of unbranched alkanes of at least 4 members (excludes halogenated alkanes) is 5. The highest BCUT2D eigenvalue weighted by Gasteiger charge is 2.05. The maximum Gasteiger partial charge on any atom is 0.158 e. The summed E-state index contributed by atoms with van der Waals surface area (Å²) >= 11 is 0. The highest BCUT2D eigenvalue weighted by atomic mass is 15.1.